The lowest BCUT2D eigenvalue weighted by Gasteiger charge is -2.12. The van der Waals surface area contributed by atoms with Gasteiger partial charge in [-0.05, 0) is 23.8 Å². The lowest BCUT2D eigenvalue weighted by molar-refractivity contribution is 0.0891. The maximum absolute atomic E-state index is 11.9. The van der Waals surface area contributed by atoms with Gasteiger partial charge in [-0.3, -0.25) is 4.79 Å². The minimum Gasteiger partial charge on any atom is -0.391 e. The van der Waals surface area contributed by atoms with Crippen LogP contribution in [-0.4, -0.2) is 28.8 Å². The minimum atomic E-state index is -0.539. The smallest absolute Gasteiger partial charge is 0.273 e. The largest absolute Gasteiger partial charge is 0.391 e. The summed E-state index contributed by atoms with van der Waals surface area (Å²) in [6.07, 6.45) is 0.113. The van der Waals surface area contributed by atoms with Crippen LogP contribution >= 0.6 is 11.3 Å². The second-order valence-electron chi connectivity index (χ2n) is 5.05. The van der Waals surface area contributed by atoms with E-state index < -0.39 is 6.10 Å². The highest BCUT2D eigenvalue weighted by Crippen LogP contribution is 2.24. The number of rotatable bonds is 6. The van der Waals surface area contributed by atoms with Gasteiger partial charge >= 0.3 is 0 Å². The standard InChI is InChI=1S/C14H18N2O3S/c1-9(2)6-10(17)8-15-14(18)11-7-12(19-16-11)13-4-3-5-20-13/h3-5,7,9-10,17H,6,8H2,1-2H3,(H,15,18). The van der Waals surface area contributed by atoms with Crippen molar-refractivity contribution in [1.82, 2.24) is 10.5 Å². The molecule has 0 aliphatic rings. The Labute approximate surface area is 121 Å². The summed E-state index contributed by atoms with van der Waals surface area (Å²) in [7, 11) is 0. The number of aliphatic hydroxyl groups is 1. The lowest BCUT2D eigenvalue weighted by Crippen LogP contribution is -2.32. The van der Waals surface area contributed by atoms with Crippen molar-refractivity contribution in [3.05, 3.63) is 29.3 Å². The Balaban J connectivity index is 1.90. The summed E-state index contributed by atoms with van der Waals surface area (Å²) in [5.74, 6) is 0.631. The highest BCUT2D eigenvalue weighted by molar-refractivity contribution is 7.13. The zero-order chi connectivity index (χ0) is 14.5. The Morgan fingerprint density at radius 3 is 3.00 bits per heavy atom. The van der Waals surface area contributed by atoms with Gasteiger partial charge in [0.1, 0.15) is 0 Å². The third-order valence-electron chi connectivity index (χ3n) is 2.75. The molecule has 2 N–H and O–H groups in total. The van der Waals surface area contributed by atoms with Crippen molar-refractivity contribution in [2.24, 2.45) is 5.92 Å². The molecule has 0 spiro atoms. The maximum Gasteiger partial charge on any atom is 0.273 e. The zero-order valence-corrected chi connectivity index (χ0v) is 12.3. The van der Waals surface area contributed by atoms with E-state index >= 15 is 0 Å². The first-order valence-electron chi connectivity index (χ1n) is 6.53. The molecule has 1 unspecified atom stereocenters. The molecular weight excluding hydrogens is 276 g/mol. The summed E-state index contributed by atoms with van der Waals surface area (Å²) < 4.78 is 5.14. The van der Waals surface area contributed by atoms with Crippen molar-refractivity contribution < 1.29 is 14.4 Å². The highest BCUT2D eigenvalue weighted by Gasteiger charge is 2.15. The maximum atomic E-state index is 11.9. The highest BCUT2D eigenvalue weighted by atomic mass is 32.1. The van der Waals surface area contributed by atoms with Crippen molar-refractivity contribution in [2.45, 2.75) is 26.4 Å². The molecule has 5 nitrogen and oxygen atoms in total. The van der Waals surface area contributed by atoms with E-state index in [4.69, 9.17) is 4.52 Å². The normalized spacial score (nSPS) is 12.6. The lowest BCUT2D eigenvalue weighted by atomic mass is 10.1. The van der Waals surface area contributed by atoms with Crippen molar-refractivity contribution in [1.29, 1.82) is 0 Å². The minimum absolute atomic E-state index is 0.220. The quantitative estimate of drug-likeness (QED) is 0.858. The third kappa shape index (κ3) is 3.91. The molecule has 6 heteroatoms. The van der Waals surface area contributed by atoms with E-state index in [2.05, 4.69) is 10.5 Å². The van der Waals surface area contributed by atoms with Gasteiger partial charge in [0.2, 0.25) is 0 Å². The van der Waals surface area contributed by atoms with Crippen LogP contribution in [0, 0.1) is 5.92 Å². The van der Waals surface area contributed by atoms with Gasteiger partial charge < -0.3 is 14.9 Å². The van der Waals surface area contributed by atoms with E-state index in [1.165, 1.54) is 11.3 Å². The number of hydrogen-bond acceptors (Lipinski definition) is 5. The summed E-state index contributed by atoms with van der Waals surface area (Å²) in [5.41, 5.74) is 0.227. The van der Waals surface area contributed by atoms with E-state index in [1.807, 2.05) is 31.4 Å². The number of aromatic nitrogens is 1. The van der Waals surface area contributed by atoms with E-state index in [1.54, 1.807) is 6.07 Å². The SMILES string of the molecule is CC(C)CC(O)CNC(=O)c1cc(-c2cccs2)on1. The molecule has 1 atom stereocenters. The summed E-state index contributed by atoms with van der Waals surface area (Å²) in [6.45, 7) is 4.27. The molecule has 0 radical (unpaired) electrons. The van der Waals surface area contributed by atoms with E-state index in [0.717, 1.165) is 4.88 Å². The van der Waals surface area contributed by atoms with Crippen LogP contribution in [-0.2, 0) is 0 Å². The number of nitrogens with zero attached hydrogens (tertiary/aromatic N) is 1. The molecule has 0 saturated carbocycles. The van der Waals surface area contributed by atoms with Gasteiger partial charge in [-0.1, -0.05) is 25.1 Å². The Hall–Kier alpha value is -1.66. The summed E-state index contributed by atoms with van der Waals surface area (Å²) in [4.78, 5) is 12.8. The number of nitrogens with one attached hydrogen (secondary N) is 1. The Bertz CT molecular complexity index is 549. The van der Waals surface area contributed by atoms with Crippen LogP contribution in [0.2, 0.25) is 0 Å². The van der Waals surface area contributed by atoms with Gasteiger partial charge in [-0.2, -0.15) is 0 Å². The predicted octanol–water partition coefficient (Wildman–Crippen LogP) is 2.54. The van der Waals surface area contributed by atoms with Gasteiger partial charge in [0.05, 0.1) is 11.0 Å². The molecule has 0 saturated heterocycles. The number of thiophene rings is 1. The first kappa shape index (κ1) is 14.7. The average molecular weight is 294 g/mol. The molecule has 0 aliphatic carbocycles. The monoisotopic (exact) mass is 294 g/mol. The Morgan fingerprint density at radius 1 is 1.55 bits per heavy atom. The molecule has 108 valence electrons. The van der Waals surface area contributed by atoms with Crippen LogP contribution in [0.25, 0.3) is 10.6 Å². The van der Waals surface area contributed by atoms with Crippen LogP contribution in [0.3, 0.4) is 0 Å². The Kier molecular flexibility index (Phi) is 4.92. The van der Waals surface area contributed by atoms with Crippen LogP contribution in [0.15, 0.2) is 28.1 Å². The molecule has 1 amide bonds. The van der Waals surface area contributed by atoms with Gasteiger partial charge in [0.15, 0.2) is 11.5 Å². The fraction of sp³-hybridized carbons (Fsp3) is 0.429. The van der Waals surface area contributed by atoms with Crippen LogP contribution in [0.4, 0.5) is 0 Å². The summed E-state index contributed by atoms with van der Waals surface area (Å²) in [5, 5.41) is 18.0. The summed E-state index contributed by atoms with van der Waals surface area (Å²) in [6, 6.07) is 5.42. The van der Waals surface area contributed by atoms with Gasteiger partial charge in [0, 0.05) is 12.6 Å². The molecule has 0 aliphatic heterocycles. The van der Waals surface area contributed by atoms with Gasteiger partial charge in [0.25, 0.3) is 5.91 Å². The van der Waals surface area contributed by atoms with Crippen LogP contribution < -0.4 is 5.32 Å². The van der Waals surface area contributed by atoms with E-state index in [0.29, 0.717) is 18.1 Å². The number of hydrogen-bond donors (Lipinski definition) is 2. The fourth-order valence-corrected chi connectivity index (χ4v) is 2.52. The first-order chi connectivity index (χ1) is 9.56. The first-order valence-corrected chi connectivity index (χ1v) is 7.41. The number of carbonyl (C=O) groups excluding carboxylic acids is 1. The fourth-order valence-electron chi connectivity index (χ4n) is 1.85. The molecule has 2 heterocycles. The number of amides is 1. The van der Waals surface area contributed by atoms with Gasteiger partial charge in [-0.25, -0.2) is 0 Å². The second kappa shape index (κ2) is 6.67. The van der Waals surface area contributed by atoms with E-state index in [-0.39, 0.29) is 18.1 Å². The predicted molar refractivity (Wildman–Crippen MR) is 77.6 cm³/mol. The number of aliphatic hydroxyl groups excluding tert-OH is 1. The zero-order valence-electron chi connectivity index (χ0n) is 11.5. The van der Waals surface area contributed by atoms with Crippen molar-refractivity contribution in [3.8, 4) is 10.6 Å². The molecule has 0 fully saturated rings. The van der Waals surface area contributed by atoms with Crippen molar-refractivity contribution >= 4 is 17.2 Å². The Morgan fingerprint density at radius 2 is 2.35 bits per heavy atom. The molecule has 0 bridgehead atoms. The third-order valence-corrected chi connectivity index (χ3v) is 3.63. The molecule has 0 aromatic carbocycles. The molecule has 2 rings (SSSR count). The van der Waals surface area contributed by atoms with Crippen molar-refractivity contribution in [3.63, 3.8) is 0 Å². The van der Waals surface area contributed by atoms with Crippen molar-refractivity contribution in [2.75, 3.05) is 6.54 Å². The van der Waals surface area contributed by atoms with Crippen LogP contribution in [0.5, 0.6) is 0 Å². The second-order valence-corrected chi connectivity index (χ2v) is 5.99. The average Bonchev–Trinajstić information content (AvgIpc) is 3.04. The number of carbonyl (C=O) groups is 1. The topological polar surface area (TPSA) is 75.4 Å². The van der Waals surface area contributed by atoms with Gasteiger partial charge in [-0.15, -0.1) is 11.3 Å². The molecule has 2 aromatic rings. The molecular formula is C14H18N2O3S. The summed E-state index contributed by atoms with van der Waals surface area (Å²) >= 11 is 1.52. The van der Waals surface area contributed by atoms with E-state index in [9.17, 15) is 9.90 Å². The molecule has 2 aromatic heterocycles. The van der Waals surface area contributed by atoms with Crippen LogP contribution in [0.1, 0.15) is 30.8 Å². The molecule has 20 heavy (non-hydrogen) atoms.